The number of hydrogen-bond donors (Lipinski definition) is 0. The van der Waals surface area contributed by atoms with Crippen LogP contribution in [0.5, 0.6) is 0 Å². The van der Waals surface area contributed by atoms with Crippen LogP contribution in [0.4, 0.5) is 0 Å². The SMILES string of the molecule is C1CCN(C(N2CCCCC2)N2CCCCC2)CC1. The van der Waals surface area contributed by atoms with Crippen LogP contribution < -0.4 is 0 Å². The van der Waals surface area contributed by atoms with Gasteiger partial charge in [-0.05, 0) is 38.5 Å². The van der Waals surface area contributed by atoms with Crippen LogP contribution in [-0.2, 0) is 0 Å². The van der Waals surface area contributed by atoms with Crippen molar-refractivity contribution in [3.63, 3.8) is 0 Å². The van der Waals surface area contributed by atoms with Gasteiger partial charge in [-0.25, -0.2) is 0 Å². The minimum atomic E-state index is 0.640. The first-order valence-corrected chi connectivity index (χ1v) is 8.67. The molecule has 3 heteroatoms. The van der Waals surface area contributed by atoms with Crippen molar-refractivity contribution in [3.8, 4) is 0 Å². The van der Waals surface area contributed by atoms with E-state index in [0.29, 0.717) is 6.29 Å². The Morgan fingerprint density at radius 2 is 0.632 bits per heavy atom. The first-order chi connectivity index (χ1) is 9.45. The molecule has 0 aromatic rings. The fraction of sp³-hybridized carbons (Fsp3) is 1.00. The summed E-state index contributed by atoms with van der Waals surface area (Å²) >= 11 is 0. The summed E-state index contributed by atoms with van der Waals surface area (Å²) in [6.45, 7) is 7.99. The van der Waals surface area contributed by atoms with Crippen LogP contribution in [0.3, 0.4) is 0 Å². The second kappa shape index (κ2) is 7.05. The monoisotopic (exact) mass is 265 g/mol. The van der Waals surface area contributed by atoms with Crippen molar-refractivity contribution in [3.05, 3.63) is 0 Å². The predicted octanol–water partition coefficient (Wildman–Crippen LogP) is 2.73. The van der Waals surface area contributed by atoms with E-state index in [1.807, 2.05) is 0 Å². The molecule has 0 aromatic carbocycles. The van der Waals surface area contributed by atoms with Gasteiger partial charge in [-0.15, -0.1) is 0 Å². The van der Waals surface area contributed by atoms with Crippen molar-refractivity contribution >= 4 is 0 Å². The quantitative estimate of drug-likeness (QED) is 0.777. The molecule has 0 bridgehead atoms. The van der Waals surface area contributed by atoms with Crippen LogP contribution in [-0.4, -0.2) is 60.3 Å². The van der Waals surface area contributed by atoms with Crippen LogP contribution in [0.2, 0.25) is 0 Å². The maximum atomic E-state index is 2.79. The van der Waals surface area contributed by atoms with Crippen molar-refractivity contribution in [1.82, 2.24) is 14.7 Å². The molecule has 0 aromatic heterocycles. The summed E-state index contributed by atoms with van der Waals surface area (Å²) in [5.74, 6) is 0. The number of hydrogen-bond acceptors (Lipinski definition) is 3. The highest BCUT2D eigenvalue weighted by Gasteiger charge is 2.32. The minimum absolute atomic E-state index is 0.640. The molecule has 0 amide bonds. The van der Waals surface area contributed by atoms with Crippen LogP contribution in [0.15, 0.2) is 0 Å². The lowest BCUT2D eigenvalue weighted by Gasteiger charge is -2.49. The standard InChI is InChI=1S/C16H31N3/c1-4-10-17(11-5-1)16(18-12-6-2-7-13-18)19-14-8-3-9-15-19/h16H,1-15H2. The summed E-state index contributed by atoms with van der Waals surface area (Å²) in [6, 6.07) is 0. The van der Waals surface area contributed by atoms with Gasteiger partial charge in [0.2, 0.25) is 0 Å². The Morgan fingerprint density at radius 3 is 0.895 bits per heavy atom. The average Bonchev–Trinajstić information content (AvgIpc) is 2.51. The van der Waals surface area contributed by atoms with E-state index in [0.717, 1.165) is 0 Å². The van der Waals surface area contributed by atoms with Crippen LogP contribution in [0, 0.1) is 0 Å². The zero-order valence-electron chi connectivity index (χ0n) is 12.5. The van der Waals surface area contributed by atoms with Gasteiger partial charge in [-0.2, -0.15) is 0 Å². The van der Waals surface area contributed by atoms with Gasteiger partial charge in [0.25, 0.3) is 0 Å². The number of likely N-dealkylation sites (tertiary alicyclic amines) is 3. The Kier molecular flexibility index (Phi) is 5.14. The van der Waals surface area contributed by atoms with E-state index in [-0.39, 0.29) is 0 Å². The Hall–Kier alpha value is -0.120. The summed E-state index contributed by atoms with van der Waals surface area (Å²) in [4.78, 5) is 8.38. The molecular weight excluding hydrogens is 234 g/mol. The fourth-order valence-electron chi connectivity index (χ4n) is 4.14. The molecule has 0 saturated carbocycles. The fourth-order valence-corrected chi connectivity index (χ4v) is 4.14. The van der Waals surface area contributed by atoms with Crippen molar-refractivity contribution in [2.45, 2.75) is 64.1 Å². The normalized spacial score (nSPS) is 28.9. The number of piperidine rings is 3. The maximum Gasteiger partial charge on any atom is 0.119 e. The van der Waals surface area contributed by atoms with E-state index < -0.39 is 0 Å². The Bertz CT molecular complexity index is 208. The number of nitrogens with zero attached hydrogens (tertiary/aromatic N) is 3. The topological polar surface area (TPSA) is 9.72 Å². The first-order valence-electron chi connectivity index (χ1n) is 8.67. The maximum absolute atomic E-state index is 2.79. The van der Waals surface area contributed by atoms with Crippen molar-refractivity contribution in [2.75, 3.05) is 39.3 Å². The lowest BCUT2D eigenvalue weighted by atomic mass is 10.1. The van der Waals surface area contributed by atoms with E-state index >= 15 is 0 Å². The lowest BCUT2D eigenvalue weighted by Crippen LogP contribution is -2.61. The number of rotatable bonds is 3. The van der Waals surface area contributed by atoms with Gasteiger partial charge in [0.1, 0.15) is 6.29 Å². The highest BCUT2D eigenvalue weighted by molar-refractivity contribution is 4.81. The van der Waals surface area contributed by atoms with Gasteiger partial charge in [0.05, 0.1) is 0 Å². The summed E-state index contributed by atoms with van der Waals surface area (Å²) in [5.41, 5.74) is 0. The van der Waals surface area contributed by atoms with Gasteiger partial charge >= 0.3 is 0 Å². The molecule has 0 N–H and O–H groups in total. The minimum Gasteiger partial charge on any atom is -0.275 e. The molecule has 0 unspecified atom stereocenters. The second-order valence-corrected chi connectivity index (χ2v) is 6.64. The van der Waals surface area contributed by atoms with E-state index in [1.54, 1.807) is 0 Å². The van der Waals surface area contributed by atoms with E-state index in [2.05, 4.69) is 14.7 Å². The van der Waals surface area contributed by atoms with Crippen LogP contribution in [0.25, 0.3) is 0 Å². The summed E-state index contributed by atoms with van der Waals surface area (Å²) < 4.78 is 0. The van der Waals surface area contributed by atoms with Gasteiger partial charge in [0, 0.05) is 39.3 Å². The lowest BCUT2D eigenvalue weighted by molar-refractivity contribution is -0.0919. The van der Waals surface area contributed by atoms with Crippen molar-refractivity contribution in [2.24, 2.45) is 0 Å². The third-order valence-electron chi connectivity index (χ3n) is 5.15. The van der Waals surface area contributed by atoms with Gasteiger partial charge in [0.15, 0.2) is 0 Å². The summed E-state index contributed by atoms with van der Waals surface area (Å²) in [6.07, 6.45) is 13.5. The van der Waals surface area contributed by atoms with E-state index in [4.69, 9.17) is 0 Å². The molecule has 0 aliphatic carbocycles. The Balaban J connectivity index is 1.68. The molecule has 0 radical (unpaired) electrons. The molecular formula is C16H31N3. The van der Waals surface area contributed by atoms with Crippen LogP contribution in [0.1, 0.15) is 57.8 Å². The Labute approximate surface area is 118 Å². The molecule has 3 aliphatic rings. The highest BCUT2D eigenvalue weighted by atomic mass is 15.5. The molecule has 3 rings (SSSR count). The van der Waals surface area contributed by atoms with Crippen molar-refractivity contribution in [1.29, 1.82) is 0 Å². The average molecular weight is 265 g/mol. The molecule has 110 valence electrons. The summed E-state index contributed by atoms with van der Waals surface area (Å²) in [5, 5.41) is 0. The molecule has 3 saturated heterocycles. The third kappa shape index (κ3) is 3.50. The second-order valence-electron chi connectivity index (χ2n) is 6.64. The first kappa shape index (κ1) is 13.8. The van der Waals surface area contributed by atoms with Gasteiger partial charge < -0.3 is 0 Å². The van der Waals surface area contributed by atoms with Crippen LogP contribution >= 0.6 is 0 Å². The Morgan fingerprint density at radius 1 is 0.368 bits per heavy atom. The molecule has 3 nitrogen and oxygen atoms in total. The third-order valence-corrected chi connectivity index (χ3v) is 5.15. The predicted molar refractivity (Wildman–Crippen MR) is 80.1 cm³/mol. The van der Waals surface area contributed by atoms with E-state index in [9.17, 15) is 0 Å². The molecule has 3 heterocycles. The van der Waals surface area contributed by atoms with Gasteiger partial charge in [-0.3, -0.25) is 14.7 Å². The smallest absolute Gasteiger partial charge is 0.119 e. The van der Waals surface area contributed by atoms with Crippen molar-refractivity contribution < 1.29 is 0 Å². The van der Waals surface area contributed by atoms with Gasteiger partial charge in [-0.1, -0.05) is 19.3 Å². The molecule has 0 atom stereocenters. The molecule has 3 fully saturated rings. The molecule has 19 heavy (non-hydrogen) atoms. The highest BCUT2D eigenvalue weighted by Crippen LogP contribution is 2.24. The largest absolute Gasteiger partial charge is 0.275 e. The summed E-state index contributed by atoms with van der Waals surface area (Å²) in [7, 11) is 0. The zero-order chi connectivity index (χ0) is 12.9. The molecule has 3 aliphatic heterocycles. The zero-order valence-corrected chi connectivity index (χ0v) is 12.5. The molecule has 0 spiro atoms. The van der Waals surface area contributed by atoms with E-state index in [1.165, 1.54) is 97.1 Å².